The molecule has 0 unspecified atom stereocenters. The van der Waals surface area contributed by atoms with E-state index in [1.54, 1.807) is 36.4 Å². The molecular weight excluding hydrogens is 539 g/mol. The van der Waals surface area contributed by atoms with Crippen LogP contribution in [-0.2, 0) is 17.9 Å². The highest BCUT2D eigenvalue weighted by Gasteiger charge is 2.29. The minimum absolute atomic E-state index is 0.0119. The standard InChI is InChI=1S/C31H31FN6O4/c1-20(30-34-26-8-7-22(31(39)40)16-27(26)38(30)18-24-9-14-41-24)36-10-12-37(13-11-36)28-3-2-4-29(35-28)42-19-23-6-5-21(17-33)15-25(23)32/h2-8,15-16,20,24H,9-14,18-19H2,1H3,(H,39,40)/t20-,24-/m0/s1. The minimum atomic E-state index is -0.959. The van der Waals surface area contributed by atoms with Gasteiger partial charge in [-0.2, -0.15) is 10.2 Å². The monoisotopic (exact) mass is 570 g/mol. The van der Waals surface area contributed by atoms with E-state index >= 15 is 0 Å². The van der Waals surface area contributed by atoms with Crippen LogP contribution in [0.25, 0.3) is 11.0 Å². The van der Waals surface area contributed by atoms with Crippen molar-refractivity contribution >= 4 is 22.8 Å². The summed E-state index contributed by atoms with van der Waals surface area (Å²) in [5.74, 6) is 0.654. The molecule has 1 N–H and O–H groups in total. The van der Waals surface area contributed by atoms with Gasteiger partial charge in [-0.25, -0.2) is 14.2 Å². The Hall–Kier alpha value is -4.53. The quantitative estimate of drug-likeness (QED) is 0.313. The van der Waals surface area contributed by atoms with Gasteiger partial charge in [0.25, 0.3) is 0 Å². The maximum atomic E-state index is 14.3. The molecule has 0 spiro atoms. The smallest absolute Gasteiger partial charge is 0.335 e. The predicted molar refractivity (Wildman–Crippen MR) is 153 cm³/mol. The van der Waals surface area contributed by atoms with Crippen molar-refractivity contribution in [3.8, 4) is 11.9 Å². The second-order valence-electron chi connectivity index (χ2n) is 10.6. The highest BCUT2D eigenvalue weighted by molar-refractivity contribution is 5.92. The van der Waals surface area contributed by atoms with Gasteiger partial charge in [-0.1, -0.05) is 12.1 Å². The molecule has 4 aromatic rings. The Labute approximate surface area is 242 Å². The summed E-state index contributed by atoms with van der Waals surface area (Å²) in [6, 6.07) is 16.9. The molecule has 0 bridgehead atoms. The van der Waals surface area contributed by atoms with Crippen LogP contribution >= 0.6 is 0 Å². The predicted octanol–water partition coefficient (Wildman–Crippen LogP) is 4.39. The van der Waals surface area contributed by atoms with Crippen LogP contribution in [0.3, 0.4) is 0 Å². The van der Waals surface area contributed by atoms with Crippen molar-refractivity contribution in [2.24, 2.45) is 0 Å². The third kappa shape index (κ3) is 5.64. The number of nitriles is 1. The number of rotatable bonds is 9. The molecule has 216 valence electrons. The van der Waals surface area contributed by atoms with E-state index in [9.17, 15) is 14.3 Å². The highest BCUT2D eigenvalue weighted by Crippen LogP contribution is 2.29. The lowest BCUT2D eigenvalue weighted by Gasteiger charge is -2.38. The Bertz CT molecular complexity index is 1660. The fourth-order valence-corrected chi connectivity index (χ4v) is 5.47. The van der Waals surface area contributed by atoms with Crippen LogP contribution in [0.2, 0.25) is 0 Å². The summed E-state index contributed by atoms with van der Waals surface area (Å²) in [4.78, 5) is 25.8. The zero-order valence-corrected chi connectivity index (χ0v) is 23.2. The zero-order chi connectivity index (χ0) is 29.2. The van der Waals surface area contributed by atoms with Crippen molar-refractivity contribution in [1.82, 2.24) is 19.4 Å². The summed E-state index contributed by atoms with van der Waals surface area (Å²) in [5.41, 5.74) is 2.46. The number of benzene rings is 2. The third-order valence-corrected chi connectivity index (χ3v) is 8.03. The van der Waals surface area contributed by atoms with E-state index in [0.29, 0.717) is 18.0 Å². The summed E-state index contributed by atoms with van der Waals surface area (Å²) in [6.45, 7) is 6.61. The van der Waals surface area contributed by atoms with Gasteiger partial charge in [0.15, 0.2) is 0 Å². The Kier molecular flexibility index (Phi) is 7.73. The molecule has 42 heavy (non-hydrogen) atoms. The van der Waals surface area contributed by atoms with E-state index in [4.69, 9.17) is 19.7 Å². The van der Waals surface area contributed by atoms with Gasteiger partial charge in [0.05, 0.1) is 46.9 Å². The van der Waals surface area contributed by atoms with E-state index in [1.807, 2.05) is 18.2 Å². The Morgan fingerprint density at radius 2 is 1.98 bits per heavy atom. The van der Waals surface area contributed by atoms with Crippen LogP contribution in [0.4, 0.5) is 10.2 Å². The highest BCUT2D eigenvalue weighted by atomic mass is 19.1. The fourth-order valence-electron chi connectivity index (χ4n) is 5.47. The number of imidazole rings is 1. The minimum Gasteiger partial charge on any atom is -0.478 e. The topological polar surface area (TPSA) is 117 Å². The molecule has 0 aliphatic carbocycles. The number of hydrogen-bond donors (Lipinski definition) is 1. The van der Waals surface area contributed by atoms with Gasteiger partial charge < -0.3 is 24.0 Å². The third-order valence-electron chi connectivity index (χ3n) is 8.03. The van der Waals surface area contributed by atoms with E-state index in [1.165, 1.54) is 6.07 Å². The molecule has 4 heterocycles. The number of carbonyl (C=O) groups is 1. The van der Waals surface area contributed by atoms with Gasteiger partial charge in [0.1, 0.15) is 24.1 Å². The van der Waals surface area contributed by atoms with Crippen molar-refractivity contribution < 1.29 is 23.8 Å². The van der Waals surface area contributed by atoms with Crippen LogP contribution in [0.5, 0.6) is 5.88 Å². The number of ether oxygens (including phenoxy) is 2. The second-order valence-corrected chi connectivity index (χ2v) is 10.6. The summed E-state index contributed by atoms with van der Waals surface area (Å²) < 4.78 is 27.9. The van der Waals surface area contributed by atoms with Crippen LogP contribution in [-0.4, -0.2) is 69.4 Å². The molecule has 0 amide bonds. The second kappa shape index (κ2) is 11.8. The molecule has 0 radical (unpaired) electrons. The molecule has 2 aliphatic rings. The van der Waals surface area contributed by atoms with Gasteiger partial charge >= 0.3 is 5.97 Å². The summed E-state index contributed by atoms with van der Waals surface area (Å²) in [7, 11) is 0. The number of carboxylic acid groups (broad SMARTS) is 1. The largest absolute Gasteiger partial charge is 0.478 e. The number of anilines is 1. The fraction of sp³-hybridized carbons (Fsp3) is 0.355. The van der Waals surface area contributed by atoms with Crippen molar-refractivity contribution in [3.63, 3.8) is 0 Å². The SMILES string of the molecule is C[C@@H](c1nc2ccc(C(=O)O)cc2n1C[C@@H]1CCO1)N1CCN(c2cccc(OCc3ccc(C#N)cc3F)n2)CC1. The number of aromatic nitrogens is 3. The van der Waals surface area contributed by atoms with E-state index in [2.05, 4.69) is 26.3 Å². The number of carboxylic acids is 1. The number of halogens is 1. The Morgan fingerprint density at radius 1 is 1.17 bits per heavy atom. The molecule has 2 aromatic heterocycles. The maximum absolute atomic E-state index is 14.3. The van der Waals surface area contributed by atoms with Crippen LogP contribution < -0.4 is 9.64 Å². The van der Waals surface area contributed by atoms with Gasteiger partial charge in [-0.3, -0.25) is 4.90 Å². The summed E-state index contributed by atoms with van der Waals surface area (Å²) in [5, 5.41) is 18.5. The van der Waals surface area contributed by atoms with E-state index in [-0.39, 0.29) is 29.9 Å². The number of piperazine rings is 1. The van der Waals surface area contributed by atoms with E-state index in [0.717, 1.165) is 61.9 Å². The molecule has 2 aromatic carbocycles. The molecule has 10 nitrogen and oxygen atoms in total. The Balaban J connectivity index is 1.13. The van der Waals surface area contributed by atoms with Gasteiger partial charge in [-0.15, -0.1) is 0 Å². The molecule has 2 aliphatic heterocycles. The molecule has 11 heteroatoms. The van der Waals surface area contributed by atoms with E-state index < -0.39 is 11.8 Å². The van der Waals surface area contributed by atoms with Crippen molar-refractivity contribution in [1.29, 1.82) is 5.26 Å². The first kappa shape index (κ1) is 27.6. The molecule has 2 saturated heterocycles. The normalized spacial score (nSPS) is 17.9. The summed E-state index contributed by atoms with van der Waals surface area (Å²) in [6.07, 6.45) is 1.08. The number of pyridine rings is 1. The number of nitrogens with zero attached hydrogens (tertiary/aromatic N) is 6. The lowest BCUT2D eigenvalue weighted by atomic mass is 10.1. The molecule has 6 rings (SSSR count). The van der Waals surface area contributed by atoms with Gasteiger partial charge in [0, 0.05) is 44.4 Å². The first-order chi connectivity index (χ1) is 20.4. The van der Waals surface area contributed by atoms with Crippen molar-refractivity contribution in [3.05, 3.63) is 82.9 Å². The zero-order valence-electron chi connectivity index (χ0n) is 23.2. The Morgan fingerprint density at radius 3 is 2.67 bits per heavy atom. The van der Waals surface area contributed by atoms with Crippen molar-refractivity contribution in [2.45, 2.75) is 38.6 Å². The molecule has 0 saturated carbocycles. The van der Waals surface area contributed by atoms with Gasteiger partial charge in [-0.05, 0) is 49.7 Å². The van der Waals surface area contributed by atoms with Crippen LogP contribution in [0, 0.1) is 17.1 Å². The van der Waals surface area contributed by atoms with Gasteiger partial charge in [0.2, 0.25) is 5.88 Å². The summed E-state index contributed by atoms with van der Waals surface area (Å²) >= 11 is 0. The van der Waals surface area contributed by atoms with Crippen LogP contribution in [0.1, 0.15) is 46.7 Å². The number of aromatic carboxylic acids is 1. The lowest BCUT2D eigenvalue weighted by molar-refractivity contribution is -0.0594. The number of hydrogen-bond acceptors (Lipinski definition) is 8. The molecular formula is C31H31FN6O4. The average Bonchev–Trinajstić information content (AvgIpc) is 3.35. The first-order valence-corrected chi connectivity index (χ1v) is 14.0. The van der Waals surface area contributed by atoms with Crippen LogP contribution in [0.15, 0.2) is 54.6 Å². The lowest BCUT2D eigenvalue weighted by Crippen LogP contribution is -2.48. The number of fused-ring (bicyclic) bond motifs is 1. The molecule has 2 fully saturated rings. The van der Waals surface area contributed by atoms with Crippen molar-refractivity contribution in [2.75, 3.05) is 37.7 Å². The first-order valence-electron chi connectivity index (χ1n) is 14.0. The molecule has 2 atom stereocenters. The maximum Gasteiger partial charge on any atom is 0.335 e. The average molecular weight is 571 g/mol.